The number of rotatable bonds is 6. The van der Waals surface area contributed by atoms with Crippen molar-refractivity contribution in [2.75, 3.05) is 19.0 Å². The van der Waals surface area contributed by atoms with Gasteiger partial charge in [0.15, 0.2) is 12.4 Å². The van der Waals surface area contributed by atoms with Gasteiger partial charge in [0.2, 0.25) is 0 Å². The van der Waals surface area contributed by atoms with Crippen LogP contribution in [0.3, 0.4) is 0 Å². The molecule has 0 aliphatic heterocycles. The van der Waals surface area contributed by atoms with E-state index in [2.05, 4.69) is 15.8 Å². The molecule has 9 heteroatoms. The molecule has 166 valence electrons. The molecule has 1 heterocycles. The number of methoxy groups -OCH3 is 1. The number of aromatic nitrogens is 1. The van der Waals surface area contributed by atoms with Gasteiger partial charge >= 0.3 is 12.0 Å². The van der Waals surface area contributed by atoms with E-state index in [4.69, 9.17) is 14.0 Å². The van der Waals surface area contributed by atoms with Gasteiger partial charge in [-0.05, 0) is 42.5 Å². The molecule has 1 aromatic heterocycles. The lowest BCUT2D eigenvalue weighted by Crippen LogP contribution is -2.37. The minimum Gasteiger partial charge on any atom is -0.497 e. The monoisotopic (exact) mass is 445 g/mol. The molecule has 0 aliphatic carbocycles. The summed E-state index contributed by atoms with van der Waals surface area (Å²) in [5, 5.41) is 9.24. The lowest BCUT2D eigenvalue weighted by Gasteiger charge is -2.08. The molecule has 4 rings (SSSR count). The van der Waals surface area contributed by atoms with Gasteiger partial charge in [0.25, 0.3) is 5.91 Å². The first kappa shape index (κ1) is 21.6. The zero-order chi connectivity index (χ0) is 23.2. The van der Waals surface area contributed by atoms with Crippen LogP contribution in [0.15, 0.2) is 77.3 Å². The van der Waals surface area contributed by atoms with Crippen LogP contribution in [-0.2, 0) is 9.53 Å². The number of amides is 3. The molecule has 0 bridgehead atoms. The fourth-order valence-electron chi connectivity index (χ4n) is 3.08. The summed E-state index contributed by atoms with van der Waals surface area (Å²) in [5.41, 5.74) is 2.08. The minimum atomic E-state index is -0.773. The number of imide groups is 1. The van der Waals surface area contributed by atoms with E-state index < -0.39 is 24.5 Å². The van der Waals surface area contributed by atoms with Crippen LogP contribution < -0.4 is 15.4 Å². The van der Waals surface area contributed by atoms with Gasteiger partial charge in [-0.25, -0.2) is 9.59 Å². The lowest BCUT2D eigenvalue weighted by atomic mass is 10.1. The molecular weight excluding hydrogens is 426 g/mol. The number of carbonyl (C=O) groups excluding carboxylic acids is 3. The Morgan fingerprint density at radius 3 is 2.45 bits per heavy atom. The number of nitrogens with zero attached hydrogens (tertiary/aromatic N) is 1. The molecule has 33 heavy (non-hydrogen) atoms. The maximum Gasteiger partial charge on any atom is 0.338 e. The number of urea groups is 1. The number of fused-ring (bicyclic) bond motifs is 1. The van der Waals surface area contributed by atoms with Crippen molar-refractivity contribution in [3.05, 3.63) is 78.4 Å². The highest BCUT2D eigenvalue weighted by molar-refractivity contribution is 6.03. The Morgan fingerprint density at radius 2 is 1.73 bits per heavy atom. The first-order valence-electron chi connectivity index (χ1n) is 9.90. The number of benzene rings is 3. The molecule has 3 amide bonds. The number of nitrogens with one attached hydrogen (secondary N) is 2. The number of anilines is 1. The first-order valence-corrected chi connectivity index (χ1v) is 9.90. The van der Waals surface area contributed by atoms with Crippen LogP contribution in [0.4, 0.5) is 10.5 Å². The van der Waals surface area contributed by atoms with Crippen molar-refractivity contribution in [3.63, 3.8) is 0 Å². The topological polar surface area (TPSA) is 120 Å². The van der Waals surface area contributed by atoms with Gasteiger partial charge in [-0.15, -0.1) is 0 Å². The molecule has 0 unspecified atom stereocenters. The fraction of sp³-hybridized carbons (Fsp3) is 0.0833. The van der Waals surface area contributed by atoms with E-state index in [9.17, 15) is 14.4 Å². The number of carbonyl (C=O) groups is 3. The second-order valence-corrected chi connectivity index (χ2v) is 6.92. The number of esters is 1. The molecule has 0 saturated heterocycles. The third-order valence-electron chi connectivity index (χ3n) is 4.68. The van der Waals surface area contributed by atoms with Crippen molar-refractivity contribution >= 4 is 34.5 Å². The molecule has 0 spiro atoms. The van der Waals surface area contributed by atoms with Gasteiger partial charge in [0, 0.05) is 11.3 Å². The first-order chi connectivity index (χ1) is 16.0. The second-order valence-electron chi connectivity index (χ2n) is 6.92. The van der Waals surface area contributed by atoms with E-state index in [0.29, 0.717) is 28.1 Å². The summed E-state index contributed by atoms with van der Waals surface area (Å²) in [5.74, 6) is -0.342. The third kappa shape index (κ3) is 5.16. The van der Waals surface area contributed by atoms with Gasteiger partial charge in [0.05, 0.1) is 18.1 Å². The molecule has 0 fully saturated rings. The quantitative estimate of drug-likeness (QED) is 0.430. The van der Waals surface area contributed by atoms with Crippen LogP contribution in [0.1, 0.15) is 10.4 Å². The molecule has 0 saturated carbocycles. The van der Waals surface area contributed by atoms with Crippen molar-refractivity contribution < 1.29 is 28.4 Å². The third-order valence-corrected chi connectivity index (χ3v) is 4.68. The molecule has 0 atom stereocenters. The second kappa shape index (κ2) is 9.65. The SMILES string of the molecule is COc1ccc(NC(=O)NC(=O)COC(=O)c2ccc3noc(-c4ccccc4)c3c2)cc1. The average molecular weight is 445 g/mol. The summed E-state index contributed by atoms with van der Waals surface area (Å²) in [7, 11) is 1.53. The molecular formula is C24H19N3O6. The van der Waals surface area contributed by atoms with E-state index in [1.807, 2.05) is 30.3 Å². The summed E-state index contributed by atoms with van der Waals surface area (Å²) in [6, 6.07) is 19.9. The lowest BCUT2D eigenvalue weighted by molar-refractivity contribution is -0.123. The van der Waals surface area contributed by atoms with Crippen molar-refractivity contribution in [2.24, 2.45) is 0 Å². The van der Waals surface area contributed by atoms with Crippen LogP contribution in [-0.4, -0.2) is 36.8 Å². The minimum absolute atomic E-state index is 0.221. The van der Waals surface area contributed by atoms with Crippen LogP contribution in [0, 0.1) is 0 Å². The van der Waals surface area contributed by atoms with E-state index in [1.54, 1.807) is 36.4 Å². The molecule has 0 aliphatic rings. The highest BCUT2D eigenvalue weighted by Crippen LogP contribution is 2.29. The number of hydrogen-bond donors (Lipinski definition) is 2. The smallest absolute Gasteiger partial charge is 0.338 e. The Balaban J connectivity index is 1.35. The Bertz CT molecular complexity index is 1300. The standard InChI is InChI=1S/C24H19N3O6/c1-31-18-10-8-17(9-11-18)25-24(30)26-21(28)14-32-23(29)16-7-12-20-19(13-16)22(33-27-20)15-5-3-2-4-6-15/h2-13H,14H2,1H3,(H2,25,26,28,30). The van der Waals surface area contributed by atoms with Crippen LogP contribution in [0.2, 0.25) is 0 Å². The van der Waals surface area contributed by atoms with Crippen molar-refractivity contribution in [2.45, 2.75) is 0 Å². The number of hydrogen-bond acceptors (Lipinski definition) is 7. The zero-order valence-electron chi connectivity index (χ0n) is 17.5. The maximum atomic E-state index is 12.4. The van der Waals surface area contributed by atoms with Crippen LogP contribution >= 0.6 is 0 Å². The summed E-state index contributed by atoms with van der Waals surface area (Å²) in [6.07, 6.45) is 0. The number of ether oxygens (including phenoxy) is 2. The van der Waals surface area contributed by atoms with E-state index >= 15 is 0 Å². The summed E-state index contributed by atoms with van der Waals surface area (Å²) in [6.45, 7) is -0.623. The van der Waals surface area contributed by atoms with Crippen LogP contribution in [0.25, 0.3) is 22.2 Å². The molecule has 3 aromatic carbocycles. The van der Waals surface area contributed by atoms with Crippen molar-refractivity contribution in [3.8, 4) is 17.1 Å². The molecule has 2 N–H and O–H groups in total. The van der Waals surface area contributed by atoms with E-state index in [0.717, 1.165) is 5.56 Å². The zero-order valence-corrected chi connectivity index (χ0v) is 17.5. The van der Waals surface area contributed by atoms with Gasteiger partial charge in [0.1, 0.15) is 11.3 Å². The normalized spacial score (nSPS) is 10.5. The molecule has 0 radical (unpaired) electrons. The summed E-state index contributed by atoms with van der Waals surface area (Å²) < 4.78 is 15.5. The summed E-state index contributed by atoms with van der Waals surface area (Å²) in [4.78, 5) is 36.4. The Labute approximate surface area is 188 Å². The predicted octanol–water partition coefficient (Wildman–Crippen LogP) is 4.01. The van der Waals surface area contributed by atoms with E-state index in [1.165, 1.54) is 13.2 Å². The van der Waals surface area contributed by atoms with Gasteiger partial charge in [-0.2, -0.15) is 0 Å². The Hall–Kier alpha value is -4.66. The van der Waals surface area contributed by atoms with E-state index in [-0.39, 0.29) is 5.56 Å². The average Bonchev–Trinajstić information content (AvgIpc) is 3.27. The van der Waals surface area contributed by atoms with Crippen molar-refractivity contribution in [1.82, 2.24) is 10.5 Å². The fourth-order valence-corrected chi connectivity index (χ4v) is 3.08. The Morgan fingerprint density at radius 1 is 0.970 bits per heavy atom. The van der Waals surface area contributed by atoms with Gasteiger partial charge < -0.3 is 19.3 Å². The molecule has 4 aromatic rings. The van der Waals surface area contributed by atoms with Crippen molar-refractivity contribution in [1.29, 1.82) is 0 Å². The molecule has 9 nitrogen and oxygen atoms in total. The predicted molar refractivity (Wildman–Crippen MR) is 120 cm³/mol. The van der Waals surface area contributed by atoms with Crippen LogP contribution in [0.5, 0.6) is 5.75 Å². The highest BCUT2D eigenvalue weighted by atomic mass is 16.5. The van der Waals surface area contributed by atoms with Gasteiger partial charge in [-0.3, -0.25) is 10.1 Å². The van der Waals surface area contributed by atoms with Gasteiger partial charge in [-0.1, -0.05) is 35.5 Å². The summed E-state index contributed by atoms with van der Waals surface area (Å²) >= 11 is 0. The highest BCUT2D eigenvalue weighted by Gasteiger charge is 2.16. The largest absolute Gasteiger partial charge is 0.497 e. The Kier molecular flexibility index (Phi) is 6.31. The maximum absolute atomic E-state index is 12.4.